The highest BCUT2D eigenvalue weighted by Gasteiger charge is 2.09. The van der Waals surface area contributed by atoms with Crippen LogP contribution < -0.4 is 0 Å². The van der Waals surface area contributed by atoms with Crippen molar-refractivity contribution in [2.24, 2.45) is 5.16 Å². The van der Waals surface area contributed by atoms with Crippen LogP contribution in [0.4, 0.5) is 0 Å². The van der Waals surface area contributed by atoms with E-state index in [0.29, 0.717) is 5.56 Å². The van der Waals surface area contributed by atoms with Gasteiger partial charge in [0, 0.05) is 0 Å². The van der Waals surface area contributed by atoms with Crippen molar-refractivity contribution in [3.8, 4) is 0 Å². The lowest BCUT2D eigenvalue weighted by molar-refractivity contribution is 0.322. The topological polar surface area (TPSA) is 66.7 Å². The van der Waals surface area contributed by atoms with Crippen LogP contribution in [-0.2, 0) is 9.84 Å². The first-order chi connectivity index (χ1) is 6.60. The number of oxime groups is 1. The number of hydrogen-bond donors (Lipinski definition) is 1. The molecule has 1 rings (SSSR count). The number of rotatable bonds is 3. The average molecular weight is 213 g/mol. The van der Waals surface area contributed by atoms with Gasteiger partial charge in [0.05, 0.1) is 16.9 Å². The summed E-state index contributed by atoms with van der Waals surface area (Å²) in [6, 6.07) is 6.16. The van der Waals surface area contributed by atoms with Crippen molar-refractivity contribution in [2.45, 2.75) is 11.8 Å². The van der Waals surface area contributed by atoms with Crippen molar-refractivity contribution in [3.05, 3.63) is 29.8 Å². The first-order valence-corrected chi connectivity index (χ1v) is 5.75. The second-order valence-corrected chi connectivity index (χ2v) is 5.00. The highest BCUT2D eigenvalue weighted by Crippen LogP contribution is 2.11. The minimum atomic E-state index is -3.14. The lowest BCUT2D eigenvalue weighted by Crippen LogP contribution is -2.03. The molecule has 76 valence electrons. The third-order valence-electron chi connectivity index (χ3n) is 1.83. The van der Waals surface area contributed by atoms with E-state index in [4.69, 9.17) is 5.21 Å². The molecule has 0 heterocycles. The SMILES string of the molecule is CCS(=O)(=O)c1ccc(C=NO)cc1. The van der Waals surface area contributed by atoms with Crippen LogP contribution in [0, 0.1) is 0 Å². The Hall–Kier alpha value is -1.36. The molecule has 14 heavy (non-hydrogen) atoms. The summed E-state index contributed by atoms with van der Waals surface area (Å²) in [5.74, 6) is 0.0838. The average Bonchev–Trinajstić information content (AvgIpc) is 2.19. The van der Waals surface area contributed by atoms with Gasteiger partial charge in [-0.15, -0.1) is 0 Å². The van der Waals surface area contributed by atoms with Gasteiger partial charge in [-0.05, 0) is 17.7 Å². The second-order valence-electron chi connectivity index (χ2n) is 2.72. The Bertz CT molecular complexity index is 420. The maximum atomic E-state index is 11.4. The lowest BCUT2D eigenvalue weighted by Gasteiger charge is -2.00. The van der Waals surface area contributed by atoms with E-state index in [1.54, 1.807) is 19.1 Å². The summed E-state index contributed by atoms with van der Waals surface area (Å²) in [4.78, 5) is 0.287. The smallest absolute Gasteiger partial charge is 0.178 e. The molecule has 0 aliphatic rings. The third-order valence-corrected chi connectivity index (χ3v) is 3.58. The van der Waals surface area contributed by atoms with Crippen LogP contribution in [0.2, 0.25) is 0 Å². The van der Waals surface area contributed by atoms with E-state index >= 15 is 0 Å². The fraction of sp³-hybridized carbons (Fsp3) is 0.222. The molecule has 0 fully saturated rings. The van der Waals surface area contributed by atoms with Gasteiger partial charge in [0.25, 0.3) is 0 Å². The Labute approximate surface area is 82.8 Å². The van der Waals surface area contributed by atoms with Crippen molar-refractivity contribution in [2.75, 3.05) is 5.75 Å². The zero-order valence-corrected chi connectivity index (χ0v) is 8.53. The Morgan fingerprint density at radius 2 is 1.93 bits per heavy atom. The van der Waals surface area contributed by atoms with Crippen molar-refractivity contribution in [3.63, 3.8) is 0 Å². The van der Waals surface area contributed by atoms with Gasteiger partial charge in [0.1, 0.15) is 0 Å². The van der Waals surface area contributed by atoms with Crippen LogP contribution >= 0.6 is 0 Å². The fourth-order valence-corrected chi connectivity index (χ4v) is 1.88. The first-order valence-electron chi connectivity index (χ1n) is 4.10. The molecule has 1 aromatic carbocycles. The minimum Gasteiger partial charge on any atom is -0.411 e. The monoisotopic (exact) mass is 213 g/mol. The Kier molecular flexibility index (Phi) is 3.24. The summed E-state index contributed by atoms with van der Waals surface area (Å²) in [6.45, 7) is 1.60. The zero-order chi connectivity index (χ0) is 10.6. The summed E-state index contributed by atoms with van der Waals surface area (Å²) in [7, 11) is -3.14. The molecule has 1 N–H and O–H groups in total. The molecule has 0 bridgehead atoms. The number of benzene rings is 1. The highest BCUT2D eigenvalue weighted by molar-refractivity contribution is 7.91. The van der Waals surface area contributed by atoms with E-state index in [9.17, 15) is 8.42 Å². The molecule has 0 spiro atoms. The summed E-state index contributed by atoms with van der Waals surface area (Å²) in [5, 5.41) is 11.1. The van der Waals surface area contributed by atoms with Crippen molar-refractivity contribution < 1.29 is 13.6 Å². The molecule has 4 nitrogen and oxygen atoms in total. The quantitative estimate of drug-likeness (QED) is 0.467. The largest absolute Gasteiger partial charge is 0.411 e. The summed E-state index contributed by atoms with van der Waals surface area (Å²) in [5.41, 5.74) is 0.655. The predicted molar refractivity (Wildman–Crippen MR) is 53.5 cm³/mol. The molecule has 0 amide bonds. The van der Waals surface area contributed by atoms with E-state index in [1.165, 1.54) is 18.3 Å². The van der Waals surface area contributed by atoms with Gasteiger partial charge in [-0.1, -0.05) is 24.2 Å². The fourth-order valence-electron chi connectivity index (χ4n) is 0.995. The summed E-state index contributed by atoms with van der Waals surface area (Å²) in [6.07, 6.45) is 1.24. The lowest BCUT2D eigenvalue weighted by atomic mass is 10.2. The van der Waals surface area contributed by atoms with E-state index in [1.807, 2.05) is 0 Å². The highest BCUT2D eigenvalue weighted by atomic mass is 32.2. The van der Waals surface area contributed by atoms with Gasteiger partial charge in [0.15, 0.2) is 9.84 Å². The molecular formula is C9H11NO3S. The molecule has 0 aromatic heterocycles. The normalized spacial score (nSPS) is 12.1. The van der Waals surface area contributed by atoms with Gasteiger partial charge < -0.3 is 5.21 Å². The minimum absolute atomic E-state index is 0.0838. The van der Waals surface area contributed by atoms with E-state index in [0.717, 1.165) is 0 Å². The van der Waals surface area contributed by atoms with Crippen LogP contribution in [0.5, 0.6) is 0 Å². The zero-order valence-electron chi connectivity index (χ0n) is 7.71. The van der Waals surface area contributed by atoms with Gasteiger partial charge >= 0.3 is 0 Å². The molecule has 1 aromatic rings. The van der Waals surface area contributed by atoms with E-state index < -0.39 is 9.84 Å². The van der Waals surface area contributed by atoms with Crippen LogP contribution in [0.25, 0.3) is 0 Å². The molecule has 0 atom stereocenters. The van der Waals surface area contributed by atoms with Crippen LogP contribution in [-0.4, -0.2) is 25.6 Å². The molecule has 0 unspecified atom stereocenters. The number of hydrogen-bond acceptors (Lipinski definition) is 4. The molecule has 0 saturated carbocycles. The van der Waals surface area contributed by atoms with Crippen molar-refractivity contribution in [1.82, 2.24) is 0 Å². The molecular weight excluding hydrogens is 202 g/mol. The molecule has 0 radical (unpaired) electrons. The van der Waals surface area contributed by atoms with Gasteiger partial charge in [-0.25, -0.2) is 8.42 Å². The van der Waals surface area contributed by atoms with Crippen LogP contribution in [0.15, 0.2) is 34.3 Å². The maximum absolute atomic E-state index is 11.4. The standard InChI is InChI=1S/C9H11NO3S/c1-2-14(12,13)9-5-3-8(4-6-9)7-10-11/h3-7,11H,2H2,1H3. The summed E-state index contributed by atoms with van der Waals surface area (Å²) < 4.78 is 22.8. The molecule has 0 aliphatic carbocycles. The molecule has 0 aliphatic heterocycles. The van der Waals surface area contributed by atoms with Gasteiger partial charge in [-0.3, -0.25) is 0 Å². The predicted octanol–water partition coefficient (Wildman–Crippen LogP) is 1.29. The van der Waals surface area contributed by atoms with Crippen molar-refractivity contribution >= 4 is 16.1 Å². The Morgan fingerprint density at radius 3 is 2.36 bits per heavy atom. The van der Waals surface area contributed by atoms with Crippen LogP contribution in [0.3, 0.4) is 0 Å². The van der Waals surface area contributed by atoms with Crippen LogP contribution in [0.1, 0.15) is 12.5 Å². The van der Waals surface area contributed by atoms with Gasteiger partial charge in [-0.2, -0.15) is 0 Å². The number of nitrogens with zero attached hydrogens (tertiary/aromatic N) is 1. The van der Waals surface area contributed by atoms with E-state index in [2.05, 4.69) is 5.16 Å². The summed E-state index contributed by atoms with van der Waals surface area (Å²) >= 11 is 0. The Morgan fingerprint density at radius 1 is 1.36 bits per heavy atom. The first kappa shape index (κ1) is 10.7. The van der Waals surface area contributed by atoms with Gasteiger partial charge in [0.2, 0.25) is 0 Å². The van der Waals surface area contributed by atoms with Crippen molar-refractivity contribution in [1.29, 1.82) is 0 Å². The molecule has 5 heteroatoms. The second kappa shape index (κ2) is 4.23. The Balaban J connectivity index is 3.06. The number of sulfone groups is 1. The molecule has 0 saturated heterocycles. The maximum Gasteiger partial charge on any atom is 0.178 e. The third kappa shape index (κ3) is 2.32. The van der Waals surface area contributed by atoms with E-state index in [-0.39, 0.29) is 10.6 Å².